The van der Waals surface area contributed by atoms with Crippen LogP contribution in [0.15, 0.2) is 18.3 Å². The number of thiophene rings is 1. The summed E-state index contributed by atoms with van der Waals surface area (Å²) in [5.74, 6) is 0.853. The second-order valence-electron chi connectivity index (χ2n) is 9.30. The Balaban J connectivity index is 1.48. The van der Waals surface area contributed by atoms with Crippen LogP contribution in [0.3, 0.4) is 0 Å². The number of piperidine rings is 1. The molecular weight excluding hydrogens is 472 g/mol. The van der Waals surface area contributed by atoms with Gasteiger partial charge >= 0.3 is 0 Å². The van der Waals surface area contributed by atoms with E-state index >= 15 is 0 Å². The molecule has 0 aliphatic carbocycles. The van der Waals surface area contributed by atoms with Gasteiger partial charge in [-0.2, -0.15) is 5.10 Å². The Hall–Kier alpha value is -2.66. The van der Waals surface area contributed by atoms with E-state index in [9.17, 15) is 13.2 Å². The quantitative estimate of drug-likeness (QED) is 0.570. The van der Waals surface area contributed by atoms with Crippen LogP contribution >= 0.6 is 11.3 Å². The number of fused-ring (bicyclic) bond motifs is 1. The number of sulfonamides is 1. The van der Waals surface area contributed by atoms with Crippen molar-refractivity contribution in [1.82, 2.24) is 19.5 Å². The Morgan fingerprint density at radius 1 is 1.12 bits per heavy atom. The molecule has 9 nitrogen and oxygen atoms in total. The largest absolute Gasteiger partial charge is 0.356 e. The minimum atomic E-state index is -3.49. The predicted molar refractivity (Wildman–Crippen MR) is 134 cm³/mol. The summed E-state index contributed by atoms with van der Waals surface area (Å²) in [4.78, 5) is 24.0. The fourth-order valence-electron chi connectivity index (χ4n) is 4.99. The Kier molecular flexibility index (Phi) is 6.01. The maximum atomic E-state index is 13.6. The second kappa shape index (κ2) is 8.84. The Bertz CT molecular complexity index is 1340. The van der Waals surface area contributed by atoms with Gasteiger partial charge in [0.25, 0.3) is 5.91 Å². The summed E-state index contributed by atoms with van der Waals surface area (Å²) in [6.07, 6.45) is 8.22. The molecule has 0 spiro atoms. The van der Waals surface area contributed by atoms with E-state index in [1.807, 2.05) is 28.6 Å². The van der Waals surface area contributed by atoms with E-state index in [2.05, 4.69) is 16.5 Å². The highest BCUT2D eigenvalue weighted by molar-refractivity contribution is 7.92. The molecule has 0 aromatic carbocycles. The third kappa shape index (κ3) is 4.50. The van der Waals surface area contributed by atoms with Crippen LogP contribution in [0.1, 0.15) is 64.0 Å². The van der Waals surface area contributed by atoms with Crippen molar-refractivity contribution >= 4 is 44.4 Å². The molecule has 182 valence electrons. The third-order valence-corrected chi connectivity index (χ3v) is 8.11. The lowest BCUT2D eigenvalue weighted by Gasteiger charge is -2.34. The van der Waals surface area contributed by atoms with E-state index < -0.39 is 10.0 Å². The van der Waals surface area contributed by atoms with Gasteiger partial charge in [0.1, 0.15) is 10.7 Å². The first-order chi connectivity index (χ1) is 16.2. The van der Waals surface area contributed by atoms with Gasteiger partial charge in [-0.3, -0.25) is 9.52 Å². The molecular formula is C23H30N6O3S2. The Labute approximate surface area is 203 Å². The molecule has 2 saturated heterocycles. The minimum absolute atomic E-state index is 0.159. The highest BCUT2D eigenvalue weighted by atomic mass is 32.2. The van der Waals surface area contributed by atoms with Crippen LogP contribution in [0.5, 0.6) is 0 Å². The summed E-state index contributed by atoms with van der Waals surface area (Å²) >= 11 is 1.32. The second-order valence-corrected chi connectivity index (χ2v) is 12.3. The molecule has 1 atom stereocenters. The molecule has 3 aromatic rings. The summed E-state index contributed by atoms with van der Waals surface area (Å²) < 4.78 is 28.0. The van der Waals surface area contributed by atoms with E-state index in [4.69, 9.17) is 10.1 Å². The molecule has 5 rings (SSSR count). The number of carbonyl (C=O) groups is 1. The monoisotopic (exact) mass is 502 g/mol. The number of aryl methyl sites for hydroxylation is 2. The summed E-state index contributed by atoms with van der Waals surface area (Å²) in [6.45, 7) is 6.60. The summed E-state index contributed by atoms with van der Waals surface area (Å²) in [5, 5.41) is 4.81. The number of hydrogen-bond acceptors (Lipinski definition) is 7. The molecule has 5 heterocycles. The van der Waals surface area contributed by atoms with Gasteiger partial charge in [0.05, 0.1) is 23.7 Å². The number of hydrogen-bond donors (Lipinski definition) is 1. The van der Waals surface area contributed by atoms with Crippen LogP contribution < -0.4 is 9.62 Å². The van der Waals surface area contributed by atoms with E-state index in [1.54, 1.807) is 6.07 Å². The molecule has 34 heavy (non-hydrogen) atoms. The number of likely N-dealkylation sites (tertiary alicyclic amines) is 1. The standard InChI is InChI=1S/C23H30N6O3S2/c1-15-14-29-20(24-22(15)27-9-6-7-10-27)13-17(25-29)19-8-4-5-11-28(19)23(30)21-18(12-16(2)33-21)26-34(3,31)32/h12-14,19,26H,4-11H2,1-3H3. The molecule has 1 N–H and O–H groups in total. The molecule has 0 bridgehead atoms. The van der Waals surface area contributed by atoms with Crippen molar-refractivity contribution in [2.24, 2.45) is 0 Å². The van der Waals surface area contributed by atoms with Crippen LogP contribution in [0.4, 0.5) is 11.5 Å². The number of rotatable bonds is 5. The van der Waals surface area contributed by atoms with Crippen molar-refractivity contribution in [3.8, 4) is 0 Å². The van der Waals surface area contributed by atoms with E-state index in [1.165, 1.54) is 24.2 Å². The van der Waals surface area contributed by atoms with Gasteiger partial charge in [-0.15, -0.1) is 11.3 Å². The van der Waals surface area contributed by atoms with Crippen molar-refractivity contribution in [2.75, 3.05) is 35.5 Å². The van der Waals surface area contributed by atoms with Crippen LogP contribution in [0.2, 0.25) is 0 Å². The molecule has 1 unspecified atom stereocenters. The number of anilines is 2. The molecule has 0 radical (unpaired) electrons. The first-order valence-corrected chi connectivity index (χ1v) is 14.4. The molecule has 2 aliphatic rings. The number of aromatic nitrogens is 3. The molecule has 11 heteroatoms. The first-order valence-electron chi connectivity index (χ1n) is 11.7. The lowest BCUT2D eigenvalue weighted by molar-refractivity contribution is 0.0612. The van der Waals surface area contributed by atoms with Crippen molar-refractivity contribution in [3.05, 3.63) is 39.3 Å². The van der Waals surface area contributed by atoms with Gasteiger partial charge in [0.2, 0.25) is 10.0 Å². The summed E-state index contributed by atoms with van der Waals surface area (Å²) in [7, 11) is -3.49. The Morgan fingerprint density at radius 3 is 2.59 bits per heavy atom. The maximum absolute atomic E-state index is 13.6. The number of amides is 1. The van der Waals surface area contributed by atoms with Gasteiger partial charge in [-0.1, -0.05) is 0 Å². The summed E-state index contributed by atoms with van der Waals surface area (Å²) in [6, 6.07) is 3.53. The number of nitrogens with zero attached hydrogens (tertiary/aromatic N) is 5. The van der Waals surface area contributed by atoms with Gasteiger partial charge in [0, 0.05) is 42.3 Å². The fourth-order valence-corrected chi connectivity index (χ4v) is 6.54. The third-order valence-electron chi connectivity index (χ3n) is 6.48. The van der Waals surface area contributed by atoms with Crippen molar-refractivity contribution in [3.63, 3.8) is 0 Å². The zero-order valence-corrected chi connectivity index (χ0v) is 21.4. The zero-order valence-electron chi connectivity index (χ0n) is 19.7. The van der Waals surface area contributed by atoms with E-state index in [0.717, 1.165) is 66.2 Å². The van der Waals surface area contributed by atoms with Gasteiger partial charge in [0.15, 0.2) is 5.65 Å². The van der Waals surface area contributed by atoms with Crippen molar-refractivity contribution in [2.45, 2.75) is 52.0 Å². The molecule has 3 aromatic heterocycles. The molecule has 2 fully saturated rings. The minimum Gasteiger partial charge on any atom is -0.356 e. The fraction of sp³-hybridized carbons (Fsp3) is 0.522. The number of nitrogens with one attached hydrogen (secondary N) is 1. The van der Waals surface area contributed by atoms with Crippen molar-refractivity contribution < 1.29 is 13.2 Å². The molecule has 1 amide bonds. The average molecular weight is 503 g/mol. The molecule has 2 aliphatic heterocycles. The Morgan fingerprint density at radius 2 is 1.85 bits per heavy atom. The normalized spacial score (nSPS) is 19.2. The lowest BCUT2D eigenvalue weighted by Crippen LogP contribution is -2.38. The average Bonchev–Trinajstić information content (AvgIpc) is 3.51. The van der Waals surface area contributed by atoms with Crippen LogP contribution in [0.25, 0.3) is 5.65 Å². The van der Waals surface area contributed by atoms with Crippen molar-refractivity contribution in [1.29, 1.82) is 0 Å². The predicted octanol–water partition coefficient (Wildman–Crippen LogP) is 3.75. The highest BCUT2D eigenvalue weighted by Gasteiger charge is 2.33. The van der Waals surface area contributed by atoms with Crippen LogP contribution in [-0.2, 0) is 10.0 Å². The first kappa shape index (κ1) is 23.1. The van der Waals surface area contributed by atoms with E-state index in [0.29, 0.717) is 17.1 Å². The van der Waals surface area contributed by atoms with Gasteiger partial charge in [-0.05, 0) is 52.0 Å². The summed E-state index contributed by atoms with van der Waals surface area (Å²) in [5.41, 5.74) is 3.05. The zero-order chi connectivity index (χ0) is 24.0. The maximum Gasteiger partial charge on any atom is 0.266 e. The van der Waals surface area contributed by atoms with Crippen LogP contribution in [-0.4, -0.2) is 59.7 Å². The topological polar surface area (TPSA) is 99.9 Å². The van der Waals surface area contributed by atoms with Gasteiger partial charge < -0.3 is 9.80 Å². The number of carbonyl (C=O) groups excluding carboxylic acids is 1. The smallest absolute Gasteiger partial charge is 0.266 e. The SMILES string of the molecule is Cc1cc(NS(C)(=O)=O)c(C(=O)N2CCCCC2c2cc3nc(N4CCCC4)c(C)cn3n2)s1. The van der Waals surface area contributed by atoms with Gasteiger partial charge in [-0.25, -0.2) is 17.9 Å². The van der Waals surface area contributed by atoms with Crippen LogP contribution in [0, 0.1) is 13.8 Å². The van der Waals surface area contributed by atoms with E-state index in [-0.39, 0.29) is 11.9 Å². The lowest BCUT2D eigenvalue weighted by atomic mass is 9.99. The molecule has 0 saturated carbocycles. The highest BCUT2D eigenvalue weighted by Crippen LogP contribution is 2.36.